The first kappa shape index (κ1) is 9.73. The fourth-order valence-electron chi connectivity index (χ4n) is 1.66. The highest BCUT2D eigenvalue weighted by Crippen LogP contribution is 2.19. The number of aromatic nitrogens is 1. The first-order valence-corrected chi connectivity index (χ1v) is 4.77. The second kappa shape index (κ2) is 3.74. The Balaban J connectivity index is 2.43. The number of benzene rings is 1. The van der Waals surface area contributed by atoms with Crippen LogP contribution in [0.2, 0.25) is 0 Å². The van der Waals surface area contributed by atoms with Crippen LogP contribution >= 0.6 is 0 Å². The third kappa shape index (κ3) is 1.85. The molecule has 4 N–H and O–H groups in total. The fraction of sp³-hybridized carbons (Fsp3) is 0.182. The molecule has 0 spiro atoms. The van der Waals surface area contributed by atoms with Gasteiger partial charge in [-0.1, -0.05) is 11.6 Å². The van der Waals surface area contributed by atoms with Crippen LogP contribution in [-0.4, -0.2) is 10.9 Å². The molecule has 4 nitrogen and oxygen atoms in total. The molecule has 0 saturated heterocycles. The predicted molar refractivity (Wildman–Crippen MR) is 59.1 cm³/mol. The molecule has 78 valence electrons. The molecule has 0 aliphatic carbocycles. The van der Waals surface area contributed by atoms with Crippen LogP contribution in [0.3, 0.4) is 0 Å². The third-order valence-electron chi connectivity index (χ3n) is 2.43. The summed E-state index contributed by atoms with van der Waals surface area (Å²) < 4.78 is 0. The number of nitrogens with one attached hydrogen (secondary N) is 2. The van der Waals surface area contributed by atoms with E-state index < -0.39 is 0 Å². The second-order valence-electron chi connectivity index (χ2n) is 3.61. The Labute approximate surface area is 87.4 Å². The molecule has 0 aliphatic rings. The molecular formula is C11H13N3O. The van der Waals surface area contributed by atoms with Gasteiger partial charge in [-0.15, -0.1) is 0 Å². The first-order valence-electron chi connectivity index (χ1n) is 4.77. The van der Waals surface area contributed by atoms with Crippen molar-refractivity contribution in [3.8, 4) is 0 Å². The summed E-state index contributed by atoms with van der Waals surface area (Å²) in [5.74, 6) is 4.87. The van der Waals surface area contributed by atoms with Gasteiger partial charge in [0.1, 0.15) is 0 Å². The minimum atomic E-state index is -0.183. The number of hydrogen-bond acceptors (Lipinski definition) is 2. The molecule has 0 unspecified atom stereocenters. The first-order chi connectivity index (χ1) is 7.20. The third-order valence-corrected chi connectivity index (χ3v) is 2.43. The lowest BCUT2D eigenvalue weighted by Crippen LogP contribution is -2.31. The van der Waals surface area contributed by atoms with Gasteiger partial charge in [0, 0.05) is 17.1 Å². The number of amides is 1. The van der Waals surface area contributed by atoms with Crippen LogP contribution in [0.15, 0.2) is 24.4 Å². The highest BCUT2D eigenvalue weighted by molar-refractivity contribution is 5.89. The number of rotatable bonds is 2. The fourth-order valence-corrected chi connectivity index (χ4v) is 1.66. The summed E-state index contributed by atoms with van der Waals surface area (Å²) in [6.07, 6.45) is 2.15. The highest BCUT2D eigenvalue weighted by atomic mass is 16.2. The average molecular weight is 203 g/mol. The van der Waals surface area contributed by atoms with Crippen LogP contribution in [0.25, 0.3) is 10.9 Å². The number of hydrazine groups is 1. The van der Waals surface area contributed by atoms with E-state index in [9.17, 15) is 4.79 Å². The summed E-state index contributed by atoms with van der Waals surface area (Å²) in [6, 6.07) is 6.10. The number of carbonyl (C=O) groups is 1. The predicted octanol–water partition coefficient (Wildman–Crippen LogP) is 1.01. The number of aromatic amines is 1. The Kier molecular flexibility index (Phi) is 2.43. The van der Waals surface area contributed by atoms with E-state index in [0.717, 1.165) is 16.5 Å². The second-order valence-corrected chi connectivity index (χ2v) is 3.61. The van der Waals surface area contributed by atoms with Crippen molar-refractivity contribution in [3.05, 3.63) is 35.5 Å². The summed E-state index contributed by atoms with van der Waals surface area (Å²) >= 11 is 0. The minimum Gasteiger partial charge on any atom is -0.361 e. The number of nitrogens with two attached hydrogens (primary N) is 1. The van der Waals surface area contributed by atoms with Gasteiger partial charge in [0.15, 0.2) is 0 Å². The van der Waals surface area contributed by atoms with E-state index in [-0.39, 0.29) is 5.91 Å². The Bertz CT molecular complexity index is 502. The van der Waals surface area contributed by atoms with Gasteiger partial charge in [0.25, 0.3) is 0 Å². The van der Waals surface area contributed by atoms with Crippen LogP contribution in [0.5, 0.6) is 0 Å². The van der Waals surface area contributed by atoms with Gasteiger partial charge in [0.05, 0.1) is 6.42 Å². The standard InChI is InChI=1S/C11H13N3O/c1-7-2-3-10-9(4-7)8(6-13-10)5-11(15)14-12/h2-4,6,13H,5,12H2,1H3,(H,14,15). The molecule has 1 heterocycles. The van der Waals surface area contributed by atoms with Gasteiger partial charge in [0.2, 0.25) is 5.91 Å². The number of hydrogen-bond donors (Lipinski definition) is 3. The molecule has 0 saturated carbocycles. The molecule has 1 aromatic heterocycles. The molecule has 0 atom stereocenters. The number of fused-ring (bicyclic) bond motifs is 1. The average Bonchev–Trinajstić information content (AvgIpc) is 2.61. The van der Waals surface area contributed by atoms with E-state index >= 15 is 0 Å². The lowest BCUT2D eigenvalue weighted by molar-refractivity contribution is -0.120. The van der Waals surface area contributed by atoms with Crippen LogP contribution in [0.4, 0.5) is 0 Å². The van der Waals surface area contributed by atoms with E-state index in [1.54, 1.807) is 0 Å². The van der Waals surface area contributed by atoms with Crippen molar-refractivity contribution in [1.29, 1.82) is 0 Å². The van der Waals surface area contributed by atoms with Gasteiger partial charge in [-0.05, 0) is 24.6 Å². The Morgan fingerprint density at radius 2 is 2.33 bits per heavy atom. The smallest absolute Gasteiger partial charge is 0.238 e. The largest absolute Gasteiger partial charge is 0.361 e. The molecule has 0 bridgehead atoms. The maximum Gasteiger partial charge on any atom is 0.238 e. The lowest BCUT2D eigenvalue weighted by atomic mass is 10.1. The van der Waals surface area contributed by atoms with E-state index in [0.29, 0.717) is 6.42 Å². The zero-order valence-corrected chi connectivity index (χ0v) is 8.50. The monoisotopic (exact) mass is 203 g/mol. The summed E-state index contributed by atoms with van der Waals surface area (Å²) in [4.78, 5) is 14.3. The van der Waals surface area contributed by atoms with E-state index in [1.807, 2.05) is 25.3 Å². The topological polar surface area (TPSA) is 70.9 Å². The SMILES string of the molecule is Cc1ccc2[nH]cc(CC(=O)NN)c2c1. The molecule has 4 heteroatoms. The molecule has 15 heavy (non-hydrogen) atoms. The molecule has 0 fully saturated rings. The Hall–Kier alpha value is -1.81. The lowest BCUT2D eigenvalue weighted by Gasteiger charge is -1.99. The van der Waals surface area contributed by atoms with E-state index in [1.165, 1.54) is 5.56 Å². The van der Waals surface area contributed by atoms with Crippen LogP contribution in [0.1, 0.15) is 11.1 Å². The molecular weight excluding hydrogens is 190 g/mol. The Morgan fingerprint density at radius 1 is 1.53 bits per heavy atom. The zero-order chi connectivity index (χ0) is 10.8. The van der Waals surface area contributed by atoms with Crippen molar-refractivity contribution in [1.82, 2.24) is 10.4 Å². The Morgan fingerprint density at radius 3 is 3.07 bits per heavy atom. The van der Waals surface area contributed by atoms with Crippen LogP contribution < -0.4 is 11.3 Å². The molecule has 2 rings (SSSR count). The quantitative estimate of drug-likeness (QED) is 0.387. The minimum absolute atomic E-state index is 0.183. The maximum atomic E-state index is 11.2. The van der Waals surface area contributed by atoms with Crippen molar-refractivity contribution < 1.29 is 4.79 Å². The summed E-state index contributed by atoms with van der Waals surface area (Å²) in [5, 5.41) is 1.08. The summed E-state index contributed by atoms with van der Waals surface area (Å²) in [5.41, 5.74) is 5.32. The van der Waals surface area contributed by atoms with Gasteiger partial charge in [-0.3, -0.25) is 10.2 Å². The van der Waals surface area contributed by atoms with E-state index in [4.69, 9.17) is 5.84 Å². The van der Waals surface area contributed by atoms with Crippen molar-refractivity contribution in [3.63, 3.8) is 0 Å². The van der Waals surface area contributed by atoms with Crippen molar-refractivity contribution >= 4 is 16.8 Å². The highest BCUT2D eigenvalue weighted by Gasteiger charge is 2.07. The summed E-state index contributed by atoms with van der Waals surface area (Å²) in [7, 11) is 0. The zero-order valence-electron chi connectivity index (χ0n) is 8.50. The molecule has 2 aromatic rings. The van der Waals surface area contributed by atoms with E-state index in [2.05, 4.69) is 16.5 Å². The van der Waals surface area contributed by atoms with Gasteiger partial charge >= 0.3 is 0 Å². The van der Waals surface area contributed by atoms with Crippen molar-refractivity contribution in [2.24, 2.45) is 5.84 Å². The summed E-state index contributed by atoms with van der Waals surface area (Å²) in [6.45, 7) is 2.03. The number of aryl methyl sites for hydroxylation is 1. The number of H-pyrrole nitrogens is 1. The molecule has 0 radical (unpaired) electrons. The van der Waals surface area contributed by atoms with Gasteiger partial charge < -0.3 is 4.98 Å². The van der Waals surface area contributed by atoms with Crippen LogP contribution in [-0.2, 0) is 11.2 Å². The normalized spacial score (nSPS) is 10.5. The van der Waals surface area contributed by atoms with Gasteiger partial charge in [-0.25, -0.2) is 5.84 Å². The van der Waals surface area contributed by atoms with Crippen molar-refractivity contribution in [2.45, 2.75) is 13.3 Å². The molecule has 0 aliphatic heterocycles. The molecule has 1 amide bonds. The maximum absolute atomic E-state index is 11.2. The molecule has 1 aromatic carbocycles. The van der Waals surface area contributed by atoms with Crippen LogP contribution in [0, 0.1) is 6.92 Å². The van der Waals surface area contributed by atoms with Gasteiger partial charge in [-0.2, -0.15) is 0 Å². The van der Waals surface area contributed by atoms with Crippen molar-refractivity contribution in [2.75, 3.05) is 0 Å². The number of carbonyl (C=O) groups excluding carboxylic acids is 1.